The third-order valence-corrected chi connectivity index (χ3v) is 6.88. The van der Waals surface area contributed by atoms with E-state index in [4.69, 9.17) is 0 Å². The summed E-state index contributed by atoms with van der Waals surface area (Å²) in [5.74, 6) is 0.877. The van der Waals surface area contributed by atoms with Gasteiger partial charge >= 0.3 is 0 Å². The lowest BCUT2D eigenvalue weighted by Gasteiger charge is -2.39. The van der Waals surface area contributed by atoms with Gasteiger partial charge in [-0.15, -0.1) is 12.4 Å². The van der Waals surface area contributed by atoms with Gasteiger partial charge in [-0.25, -0.2) is 18.1 Å². The summed E-state index contributed by atoms with van der Waals surface area (Å²) >= 11 is 0. The Kier molecular flexibility index (Phi) is 8.29. The van der Waals surface area contributed by atoms with Crippen LogP contribution in [0.4, 0.5) is 5.82 Å². The van der Waals surface area contributed by atoms with Crippen LogP contribution in [0.2, 0.25) is 0 Å². The van der Waals surface area contributed by atoms with Crippen LogP contribution in [0.25, 0.3) is 11.3 Å². The van der Waals surface area contributed by atoms with Crippen LogP contribution in [-0.4, -0.2) is 65.9 Å². The van der Waals surface area contributed by atoms with Crippen molar-refractivity contribution >= 4 is 28.2 Å². The number of nitrogens with one attached hydrogen (secondary N) is 2. The second kappa shape index (κ2) is 10.8. The average Bonchev–Trinajstić information content (AvgIpc) is 3.15. The van der Waals surface area contributed by atoms with E-state index in [0.29, 0.717) is 6.04 Å². The van der Waals surface area contributed by atoms with E-state index in [1.807, 2.05) is 24.3 Å². The van der Waals surface area contributed by atoms with E-state index in [2.05, 4.69) is 55.5 Å². The molecule has 0 spiro atoms. The number of halogens is 1. The molecule has 3 heterocycles. The Morgan fingerprint density at radius 3 is 2.29 bits per heavy atom. The number of hydrogen-bond acceptors (Lipinski definition) is 7. The Bertz CT molecular complexity index is 1190. The number of rotatable bonds is 7. The van der Waals surface area contributed by atoms with Crippen molar-refractivity contribution in [2.45, 2.75) is 33.4 Å². The van der Waals surface area contributed by atoms with Gasteiger partial charge in [-0.3, -0.25) is 15.0 Å². The Morgan fingerprint density at radius 1 is 1.06 bits per heavy atom. The number of aromatic nitrogens is 4. The second-order valence-electron chi connectivity index (χ2n) is 8.57. The fourth-order valence-corrected chi connectivity index (χ4v) is 4.87. The number of aromatic amines is 1. The molecule has 0 aliphatic carbocycles. The summed E-state index contributed by atoms with van der Waals surface area (Å²) in [6.07, 6.45) is 4.60. The van der Waals surface area contributed by atoms with Crippen LogP contribution in [-0.2, 0) is 16.6 Å². The predicted molar refractivity (Wildman–Crippen MR) is 137 cm³/mol. The molecule has 3 aromatic rings. The maximum atomic E-state index is 11.3. The quantitative estimate of drug-likeness (QED) is 0.508. The van der Waals surface area contributed by atoms with E-state index in [1.165, 1.54) is 5.56 Å². The highest BCUT2D eigenvalue weighted by molar-refractivity contribution is 7.88. The van der Waals surface area contributed by atoms with Gasteiger partial charge in [-0.2, -0.15) is 5.10 Å². The molecule has 1 unspecified atom stereocenters. The summed E-state index contributed by atoms with van der Waals surface area (Å²) < 4.78 is 25.2. The van der Waals surface area contributed by atoms with Gasteiger partial charge in [0.25, 0.3) is 0 Å². The minimum Gasteiger partial charge on any atom is -0.352 e. The highest BCUT2D eigenvalue weighted by Crippen LogP contribution is 2.30. The highest BCUT2D eigenvalue weighted by Gasteiger charge is 2.27. The number of sulfonamides is 1. The molecule has 1 aliphatic heterocycles. The molecule has 34 heavy (non-hydrogen) atoms. The van der Waals surface area contributed by atoms with Crippen molar-refractivity contribution in [3.8, 4) is 11.3 Å². The molecule has 1 aromatic carbocycles. The standard InChI is InChI=1S/C23H31N7O2S.ClH/c1-16-21(17(2)28-27-16)18(3)29-11-13-30(14-12-29)23-22(24-9-10-25-23)20-7-5-19(6-8-20)15-26-33(4,31)32;/h5-10,18,26H,11-15H2,1-4H3,(H,27,28);1H. The fraction of sp³-hybridized carbons (Fsp3) is 0.435. The molecule has 2 aromatic heterocycles. The van der Waals surface area contributed by atoms with Crippen LogP contribution in [0.15, 0.2) is 36.7 Å². The minimum atomic E-state index is -3.22. The van der Waals surface area contributed by atoms with E-state index in [-0.39, 0.29) is 19.0 Å². The van der Waals surface area contributed by atoms with Crippen molar-refractivity contribution in [3.05, 3.63) is 59.2 Å². The van der Waals surface area contributed by atoms with E-state index in [9.17, 15) is 8.42 Å². The number of nitrogens with zero attached hydrogens (tertiary/aromatic N) is 5. The largest absolute Gasteiger partial charge is 0.352 e. The first kappa shape index (κ1) is 26.1. The van der Waals surface area contributed by atoms with Gasteiger partial charge in [0.15, 0.2) is 5.82 Å². The molecule has 1 atom stereocenters. The van der Waals surface area contributed by atoms with Crippen LogP contribution < -0.4 is 9.62 Å². The van der Waals surface area contributed by atoms with Crippen molar-refractivity contribution in [2.24, 2.45) is 0 Å². The highest BCUT2D eigenvalue weighted by atomic mass is 35.5. The van der Waals surface area contributed by atoms with Gasteiger partial charge in [0, 0.05) is 68.0 Å². The average molecular weight is 506 g/mol. The van der Waals surface area contributed by atoms with E-state index in [0.717, 1.165) is 66.5 Å². The number of aryl methyl sites for hydroxylation is 2. The summed E-state index contributed by atoms with van der Waals surface area (Å²) in [5, 5.41) is 7.45. The van der Waals surface area contributed by atoms with Gasteiger partial charge in [0.2, 0.25) is 10.0 Å². The first-order chi connectivity index (χ1) is 15.7. The molecule has 0 radical (unpaired) electrons. The van der Waals surface area contributed by atoms with Crippen molar-refractivity contribution in [1.82, 2.24) is 29.8 Å². The molecule has 4 rings (SSSR count). The summed E-state index contributed by atoms with van der Waals surface area (Å²) in [6.45, 7) is 10.2. The molecule has 0 bridgehead atoms. The molecular formula is C23H32ClN7O2S. The van der Waals surface area contributed by atoms with Crippen molar-refractivity contribution in [3.63, 3.8) is 0 Å². The SMILES string of the molecule is Cc1n[nH]c(C)c1C(C)N1CCN(c2nccnc2-c2ccc(CNS(C)(=O)=O)cc2)CC1.Cl. The molecule has 1 fully saturated rings. The molecule has 0 amide bonds. The maximum absolute atomic E-state index is 11.3. The first-order valence-corrected chi connectivity index (χ1v) is 13.0. The van der Waals surface area contributed by atoms with E-state index < -0.39 is 10.0 Å². The molecule has 1 saturated heterocycles. The Morgan fingerprint density at radius 2 is 1.71 bits per heavy atom. The second-order valence-corrected chi connectivity index (χ2v) is 10.4. The van der Waals surface area contributed by atoms with E-state index >= 15 is 0 Å². The maximum Gasteiger partial charge on any atom is 0.209 e. The minimum absolute atomic E-state index is 0. The Labute approximate surface area is 207 Å². The van der Waals surface area contributed by atoms with Crippen molar-refractivity contribution in [2.75, 3.05) is 37.3 Å². The topological polar surface area (TPSA) is 107 Å². The zero-order chi connectivity index (χ0) is 23.6. The third kappa shape index (κ3) is 5.93. The van der Waals surface area contributed by atoms with Crippen LogP contribution in [0.5, 0.6) is 0 Å². The number of anilines is 1. The molecule has 184 valence electrons. The number of piperazine rings is 1. The summed E-state index contributed by atoms with van der Waals surface area (Å²) in [5.41, 5.74) is 6.17. The zero-order valence-electron chi connectivity index (χ0n) is 19.9. The molecule has 2 N–H and O–H groups in total. The van der Waals surface area contributed by atoms with E-state index in [1.54, 1.807) is 12.4 Å². The number of hydrogen-bond donors (Lipinski definition) is 2. The summed E-state index contributed by atoms with van der Waals surface area (Å²) in [6, 6.07) is 8.08. The zero-order valence-corrected chi connectivity index (χ0v) is 21.6. The summed E-state index contributed by atoms with van der Waals surface area (Å²) in [4.78, 5) is 14.0. The smallest absolute Gasteiger partial charge is 0.209 e. The lowest BCUT2D eigenvalue weighted by molar-refractivity contribution is 0.197. The molecule has 1 aliphatic rings. The van der Waals surface area contributed by atoms with Crippen molar-refractivity contribution < 1.29 is 8.42 Å². The molecular weight excluding hydrogens is 474 g/mol. The monoisotopic (exact) mass is 505 g/mol. The number of benzene rings is 1. The Balaban J connectivity index is 0.00000324. The fourth-order valence-electron chi connectivity index (χ4n) is 4.44. The lowest BCUT2D eigenvalue weighted by atomic mass is 10.0. The van der Waals surface area contributed by atoms with Crippen LogP contribution >= 0.6 is 12.4 Å². The lowest BCUT2D eigenvalue weighted by Crippen LogP contribution is -2.47. The third-order valence-electron chi connectivity index (χ3n) is 6.21. The molecule has 0 saturated carbocycles. The van der Waals surface area contributed by atoms with Crippen LogP contribution in [0.1, 0.15) is 35.5 Å². The van der Waals surface area contributed by atoms with Crippen LogP contribution in [0.3, 0.4) is 0 Å². The van der Waals surface area contributed by atoms with Gasteiger partial charge in [-0.05, 0) is 26.3 Å². The first-order valence-electron chi connectivity index (χ1n) is 11.1. The van der Waals surface area contributed by atoms with Crippen molar-refractivity contribution in [1.29, 1.82) is 0 Å². The molecule has 9 nitrogen and oxygen atoms in total. The van der Waals surface area contributed by atoms with Gasteiger partial charge < -0.3 is 4.90 Å². The van der Waals surface area contributed by atoms with Gasteiger partial charge in [-0.1, -0.05) is 24.3 Å². The molecule has 11 heteroatoms. The summed E-state index contributed by atoms with van der Waals surface area (Å²) in [7, 11) is -3.22. The van der Waals surface area contributed by atoms with Crippen LogP contribution in [0, 0.1) is 13.8 Å². The van der Waals surface area contributed by atoms with Gasteiger partial charge in [0.05, 0.1) is 11.9 Å². The number of H-pyrrole nitrogens is 1. The normalized spacial score (nSPS) is 15.7. The van der Waals surface area contributed by atoms with Gasteiger partial charge in [0.1, 0.15) is 5.69 Å². The predicted octanol–water partition coefficient (Wildman–Crippen LogP) is 2.84. The Hall–Kier alpha value is -2.53.